The molecule has 2 heterocycles. The van der Waals surface area contributed by atoms with E-state index in [0.717, 1.165) is 23.7 Å². The summed E-state index contributed by atoms with van der Waals surface area (Å²) in [5, 5.41) is 4.97. The zero-order chi connectivity index (χ0) is 23.6. The predicted octanol–water partition coefficient (Wildman–Crippen LogP) is 1.04. The monoisotopic (exact) mass is 461 g/mol. The van der Waals surface area contributed by atoms with Crippen LogP contribution in [0.5, 0.6) is 5.75 Å². The third-order valence-corrected chi connectivity index (χ3v) is 5.62. The fourth-order valence-electron chi connectivity index (χ4n) is 3.55. The molecule has 10 nitrogen and oxygen atoms in total. The summed E-state index contributed by atoms with van der Waals surface area (Å²) >= 11 is 6.40. The molecule has 4 N–H and O–H groups in total. The number of methoxy groups -OCH3 is 1. The maximum absolute atomic E-state index is 12.7. The first kappa shape index (κ1) is 23.3. The number of carbonyl (C=O) groups excluding carboxylic acids is 3. The Balaban J connectivity index is 1.99. The van der Waals surface area contributed by atoms with E-state index in [0.29, 0.717) is 13.1 Å². The molecule has 0 saturated carbocycles. The number of anilines is 1. The SMILES string of the molecule is CCN(CC)CCNC(=O)c1cc(Cl)c(-n2c(N)c3c(cc2=O)C(=O)NC3=O)cc1OC. The van der Waals surface area contributed by atoms with E-state index in [-0.39, 0.29) is 44.9 Å². The summed E-state index contributed by atoms with van der Waals surface area (Å²) in [6.07, 6.45) is 0. The van der Waals surface area contributed by atoms with Gasteiger partial charge in [0.05, 0.1) is 34.5 Å². The van der Waals surface area contributed by atoms with E-state index in [4.69, 9.17) is 22.1 Å². The summed E-state index contributed by atoms with van der Waals surface area (Å²) in [5.41, 5.74) is 5.49. The maximum atomic E-state index is 12.7. The Labute approximate surface area is 189 Å². The highest BCUT2D eigenvalue weighted by atomic mass is 35.5. The van der Waals surface area contributed by atoms with Gasteiger partial charge in [0.25, 0.3) is 23.3 Å². The molecule has 1 aromatic heterocycles. The number of pyridine rings is 1. The fourth-order valence-corrected chi connectivity index (χ4v) is 3.80. The molecule has 32 heavy (non-hydrogen) atoms. The van der Waals surface area contributed by atoms with Crippen molar-refractivity contribution < 1.29 is 19.1 Å². The summed E-state index contributed by atoms with van der Waals surface area (Å²) < 4.78 is 6.35. The Morgan fingerprint density at radius 3 is 2.50 bits per heavy atom. The Bertz CT molecular complexity index is 1160. The van der Waals surface area contributed by atoms with Gasteiger partial charge in [-0.3, -0.25) is 29.1 Å². The zero-order valence-electron chi connectivity index (χ0n) is 18.0. The maximum Gasteiger partial charge on any atom is 0.262 e. The molecule has 0 aliphatic carbocycles. The Morgan fingerprint density at radius 2 is 1.88 bits per heavy atom. The largest absolute Gasteiger partial charge is 0.496 e. The van der Waals surface area contributed by atoms with Crippen LogP contribution in [0.2, 0.25) is 5.02 Å². The first-order chi connectivity index (χ1) is 15.2. The van der Waals surface area contributed by atoms with Crippen LogP contribution in [0.4, 0.5) is 5.82 Å². The number of likely N-dealkylation sites (N-methyl/N-ethyl adjacent to an activating group) is 1. The van der Waals surface area contributed by atoms with Gasteiger partial charge in [0.2, 0.25) is 0 Å². The quantitative estimate of drug-likeness (QED) is 0.499. The number of imide groups is 1. The van der Waals surface area contributed by atoms with Gasteiger partial charge in [0, 0.05) is 25.2 Å². The Kier molecular flexibility index (Phi) is 6.85. The van der Waals surface area contributed by atoms with Crippen LogP contribution in [0.25, 0.3) is 5.69 Å². The van der Waals surface area contributed by atoms with Crippen molar-refractivity contribution in [2.75, 3.05) is 39.0 Å². The molecule has 0 saturated heterocycles. The molecule has 0 spiro atoms. The van der Waals surface area contributed by atoms with E-state index in [1.54, 1.807) is 0 Å². The van der Waals surface area contributed by atoms with E-state index < -0.39 is 17.4 Å². The summed E-state index contributed by atoms with van der Waals surface area (Å²) in [7, 11) is 1.38. The smallest absolute Gasteiger partial charge is 0.262 e. The van der Waals surface area contributed by atoms with Gasteiger partial charge < -0.3 is 20.7 Å². The van der Waals surface area contributed by atoms with Gasteiger partial charge in [-0.05, 0) is 19.2 Å². The number of halogens is 1. The van der Waals surface area contributed by atoms with E-state index in [1.807, 2.05) is 13.8 Å². The van der Waals surface area contributed by atoms with Crippen molar-refractivity contribution in [2.45, 2.75) is 13.8 Å². The molecule has 11 heteroatoms. The van der Waals surface area contributed by atoms with Crippen molar-refractivity contribution in [2.24, 2.45) is 0 Å². The lowest BCUT2D eigenvalue weighted by Gasteiger charge is -2.19. The first-order valence-corrected chi connectivity index (χ1v) is 10.4. The lowest BCUT2D eigenvalue weighted by Crippen LogP contribution is -2.35. The average molecular weight is 462 g/mol. The molecule has 0 radical (unpaired) electrons. The number of nitrogen functional groups attached to an aromatic ring is 1. The number of nitrogens with zero attached hydrogens (tertiary/aromatic N) is 2. The molecule has 1 aromatic carbocycles. The van der Waals surface area contributed by atoms with Crippen molar-refractivity contribution >= 4 is 35.1 Å². The van der Waals surface area contributed by atoms with Gasteiger partial charge in [-0.15, -0.1) is 0 Å². The number of benzene rings is 1. The third kappa shape index (κ3) is 4.19. The lowest BCUT2D eigenvalue weighted by atomic mass is 10.1. The predicted molar refractivity (Wildman–Crippen MR) is 120 cm³/mol. The number of rotatable bonds is 8. The number of fused-ring (bicyclic) bond motifs is 1. The molecule has 0 atom stereocenters. The molecule has 0 unspecified atom stereocenters. The van der Waals surface area contributed by atoms with Crippen molar-refractivity contribution in [3.63, 3.8) is 0 Å². The van der Waals surface area contributed by atoms with E-state index in [9.17, 15) is 19.2 Å². The van der Waals surface area contributed by atoms with Crippen molar-refractivity contribution in [3.05, 3.63) is 50.3 Å². The third-order valence-electron chi connectivity index (χ3n) is 5.32. The van der Waals surface area contributed by atoms with Crippen LogP contribution in [0, 0.1) is 0 Å². The minimum Gasteiger partial charge on any atom is -0.496 e. The highest BCUT2D eigenvalue weighted by Gasteiger charge is 2.32. The van der Waals surface area contributed by atoms with Crippen molar-refractivity contribution in [1.82, 2.24) is 20.1 Å². The minimum atomic E-state index is -0.705. The van der Waals surface area contributed by atoms with Gasteiger partial charge >= 0.3 is 0 Å². The molecule has 1 aliphatic rings. The van der Waals surface area contributed by atoms with Crippen LogP contribution in [0.3, 0.4) is 0 Å². The molecule has 0 fully saturated rings. The number of aromatic nitrogens is 1. The van der Waals surface area contributed by atoms with Crippen LogP contribution < -0.4 is 26.7 Å². The summed E-state index contributed by atoms with van der Waals surface area (Å²) in [4.78, 5) is 51.5. The molecule has 0 bridgehead atoms. The fraction of sp³-hybridized carbons (Fsp3) is 0.333. The second-order valence-corrected chi connectivity index (χ2v) is 7.47. The highest BCUT2D eigenvalue weighted by Crippen LogP contribution is 2.32. The summed E-state index contributed by atoms with van der Waals surface area (Å²) in [6.45, 7) is 6.95. The van der Waals surface area contributed by atoms with Crippen LogP contribution in [0.1, 0.15) is 44.9 Å². The lowest BCUT2D eigenvalue weighted by molar-refractivity contribution is 0.0878. The molecule has 2 aromatic rings. The average Bonchev–Trinajstić information content (AvgIpc) is 3.04. The van der Waals surface area contributed by atoms with Gasteiger partial charge in [0.1, 0.15) is 11.6 Å². The van der Waals surface area contributed by atoms with E-state index in [1.165, 1.54) is 19.2 Å². The molecular weight excluding hydrogens is 438 g/mol. The van der Waals surface area contributed by atoms with Crippen molar-refractivity contribution in [1.29, 1.82) is 0 Å². The highest BCUT2D eigenvalue weighted by molar-refractivity contribution is 6.33. The second-order valence-electron chi connectivity index (χ2n) is 7.06. The van der Waals surface area contributed by atoms with Gasteiger partial charge in [0.15, 0.2) is 0 Å². The Morgan fingerprint density at radius 1 is 1.19 bits per heavy atom. The topological polar surface area (TPSA) is 136 Å². The number of hydrogen-bond acceptors (Lipinski definition) is 7. The molecule has 3 amide bonds. The van der Waals surface area contributed by atoms with Gasteiger partial charge in [-0.1, -0.05) is 25.4 Å². The molecule has 170 valence electrons. The number of nitrogens with one attached hydrogen (secondary N) is 2. The second kappa shape index (κ2) is 9.41. The summed E-state index contributed by atoms with van der Waals surface area (Å²) in [5.74, 6) is -1.86. The number of carbonyl (C=O) groups is 3. The number of ether oxygens (including phenoxy) is 1. The van der Waals surface area contributed by atoms with Gasteiger partial charge in [-0.25, -0.2) is 0 Å². The van der Waals surface area contributed by atoms with Crippen LogP contribution >= 0.6 is 11.6 Å². The van der Waals surface area contributed by atoms with Crippen molar-refractivity contribution in [3.8, 4) is 11.4 Å². The minimum absolute atomic E-state index is 0.0400. The zero-order valence-corrected chi connectivity index (χ0v) is 18.7. The van der Waals surface area contributed by atoms with Crippen LogP contribution in [0.15, 0.2) is 23.0 Å². The van der Waals surface area contributed by atoms with E-state index >= 15 is 0 Å². The number of amides is 3. The van der Waals surface area contributed by atoms with Crippen LogP contribution in [-0.4, -0.2) is 60.5 Å². The number of nitrogens with two attached hydrogens (primary N) is 1. The molecule has 1 aliphatic heterocycles. The Hall–Kier alpha value is -3.37. The molecule has 3 rings (SSSR count). The number of hydrogen-bond donors (Lipinski definition) is 3. The van der Waals surface area contributed by atoms with Gasteiger partial charge in [-0.2, -0.15) is 0 Å². The standard InChI is InChI=1S/C21H24ClN5O5/c1-4-26(5-2)7-6-24-19(29)11-8-13(22)14(10-15(11)32-3)27-16(28)9-12-17(18(27)23)21(31)25-20(12)30/h8-10H,4-7,23H2,1-3H3,(H,24,29)(H,25,30,31). The van der Waals surface area contributed by atoms with Crippen LogP contribution in [-0.2, 0) is 0 Å². The molecular formula is C21H24ClN5O5. The normalized spacial score (nSPS) is 12.7. The summed E-state index contributed by atoms with van der Waals surface area (Å²) in [6, 6.07) is 3.77. The van der Waals surface area contributed by atoms with E-state index in [2.05, 4.69) is 15.5 Å². The first-order valence-electron chi connectivity index (χ1n) is 10.0.